The molecule has 0 aromatic carbocycles. The van der Waals surface area contributed by atoms with Crippen molar-refractivity contribution < 1.29 is 4.79 Å². The molecule has 36 valence electrons. The Morgan fingerprint density at radius 3 is 2.43 bits per heavy atom. The molecule has 1 spiro atoms. The second-order valence-corrected chi connectivity index (χ2v) is 2.50. The molecule has 0 bridgehead atoms. The molecule has 0 unspecified atom stereocenters. The van der Waals surface area contributed by atoms with E-state index in [1.165, 1.54) is 12.8 Å². The molecule has 0 aliphatic heterocycles. The van der Waals surface area contributed by atoms with Crippen molar-refractivity contribution in [3.63, 3.8) is 0 Å². The molecular weight excluding hydrogens is 88.1 g/mol. The number of hydrogen-bond donors (Lipinski definition) is 0. The lowest BCUT2D eigenvalue weighted by molar-refractivity contribution is -0.00272. The molecule has 0 aromatic rings. The highest BCUT2D eigenvalue weighted by molar-refractivity contribution is 6.03. The fraction of sp³-hybridized carbons (Fsp3) is 0.800. The lowest BCUT2D eigenvalue weighted by Gasteiger charge is -1.55. The molecule has 7 heavy (non-hydrogen) atoms. The smallest absolute Gasteiger partial charge is 0.276 e. The minimum absolute atomic E-state index is 0.467. The molecule has 2 heteroatoms. The summed E-state index contributed by atoms with van der Waals surface area (Å²) in [5.74, 6) is 0. The monoisotopic (exact) mass is 94.1 g/mol. The van der Waals surface area contributed by atoms with Crippen LogP contribution in [0.3, 0.4) is 0 Å². The lowest BCUT2D eigenvalue weighted by atomic mass is 10.4. The van der Waals surface area contributed by atoms with Crippen LogP contribution in [0.1, 0.15) is 19.3 Å². The van der Waals surface area contributed by atoms with Crippen LogP contribution < -0.4 is 0 Å². The summed E-state index contributed by atoms with van der Waals surface area (Å²) in [4.78, 5) is 3.13. The Hall–Kier alpha value is -0.620. The largest absolute Gasteiger partial charge is 0.362 e. The molecule has 2 aliphatic carbocycles. The highest BCUT2D eigenvalue weighted by Crippen LogP contribution is 2.62. The zero-order chi connectivity index (χ0) is 4.91. The maximum absolute atomic E-state index is 8.17. The minimum atomic E-state index is 0.467. The molecule has 2 aliphatic rings. The van der Waals surface area contributed by atoms with Crippen LogP contribution in [0.25, 0.3) is 5.53 Å². The molecular formula is C5H6N2. The van der Waals surface area contributed by atoms with Crippen LogP contribution >= 0.6 is 0 Å². The Balaban J connectivity index is 2.38. The van der Waals surface area contributed by atoms with Crippen LogP contribution in [-0.4, -0.2) is 10.5 Å². The van der Waals surface area contributed by atoms with Gasteiger partial charge in [0.1, 0.15) is 0 Å². The molecule has 0 atom stereocenters. The fourth-order valence-corrected chi connectivity index (χ4v) is 1.03. The van der Waals surface area contributed by atoms with Gasteiger partial charge in [0.05, 0.1) is 11.8 Å². The lowest BCUT2D eigenvalue weighted by Crippen LogP contribution is -1.71. The molecule has 0 N–H and O–H groups in total. The highest BCUT2D eigenvalue weighted by Gasteiger charge is 2.68. The molecule has 2 saturated carbocycles. The minimum Gasteiger partial charge on any atom is -0.362 e. The average Bonchev–Trinajstić information content (AvgIpc) is 2.52. The van der Waals surface area contributed by atoms with Crippen molar-refractivity contribution in [2.75, 3.05) is 0 Å². The molecule has 0 amide bonds. The maximum atomic E-state index is 8.17. The normalized spacial score (nSPS) is 30.0. The van der Waals surface area contributed by atoms with Gasteiger partial charge in [0.25, 0.3) is 5.71 Å². The Morgan fingerprint density at radius 1 is 1.57 bits per heavy atom. The van der Waals surface area contributed by atoms with E-state index in [4.69, 9.17) is 5.53 Å². The van der Waals surface area contributed by atoms with Gasteiger partial charge in [-0.15, -0.1) is 0 Å². The van der Waals surface area contributed by atoms with E-state index in [1.54, 1.807) is 0 Å². The van der Waals surface area contributed by atoms with Gasteiger partial charge >= 0.3 is 0 Å². The number of rotatable bonds is 0. The Labute approximate surface area is 41.8 Å². The average molecular weight is 94.1 g/mol. The summed E-state index contributed by atoms with van der Waals surface area (Å²) in [5.41, 5.74) is 9.67. The topological polar surface area (TPSA) is 36.4 Å². The SMILES string of the molecule is [N-]=[N+]=C1CC12CC2. The fourth-order valence-electron chi connectivity index (χ4n) is 1.03. The molecule has 0 aromatic heterocycles. The van der Waals surface area contributed by atoms with Gasteiger partial charge < -0.3 is 5.53 Å². The molecule has 0 radical (unpaired) electrons. The van der Waals surface area contributed by atoms with Crippen molar-refractivity contribution in [3.8, 4) is 0 Å². The first kappa shape index (κ1) is 3.39. The molecule has 2 rings (SSSR count). The van der Waals surface area contributed by atoms with E-state index in [1.807, 2.05) is 0 Å². The Bertz CT molecular complexity index is 161. The number of nitrogens with zero attached hydrogens (tertiary/aromatic N) is 2. The van der Waals surface area contributed by atoms with Crippen molar-refractivity contribution >= 4 is 5.71 Å². The van der Waals surface area contributed by atoms with Gasteiger partial charge in [0.2, 0.25) is 0 Å². The first-order valence-corrected chi connectivity index (χ1v) is 2.59. The van der Waals surface area contributed by atoms with Gasteiger partial charge in [0.15, 0.2) is 0 Å². The summed E-state index contributed by atoms with van der Waals surface area (Å²) >= 11 is 0. The third-order valence-electron chi connectivity index (χ3n) is 1.97. The van der Waals surface area contributed by atoms with E-state index in [0.29, 0.717) is 5.41 Å². The number of hydrogen-bond acceptors (Lipinski definition) is 0. The third-order valence-corrected chi connectivity index (χ3v) is 1.97. The summed E-state index contributed by atoms with van der Waals surface area (Å²) in [7, 11) is 0. The summed E-state index contributed by atoms with van der Waals surface area (Å²) in [6, 6.07) is 0. The maximum Gasteiger partial charge on any atom is 0.276 e. The van der Waals surface area contributed by atoms with E-state index in [9.17, 15) is 0 Å². The highest BCUT2D eigenvalue weighted by atomic mass is 14.9. The standard InChI is InChI=1S/C5H6N2/c6-7-4-3-5(4)1-2-5/h1-3H2. The second-order valence-electron chi connectivity index (χ2n) is 2.50. The van der Waals surface area contributed by atoms with Crippen molar-refractivity contribution in [3.05, 3.63) is 5.53 Å². The summed E-state index contributed by atoms with van der Waals surface area (Å²) in [6.07, 6.45) is 3.61. The van der Waals surface area contributed by atoms with Crippen LogP contribution in [0, 0.1) is 5.41 Å². The second kappa shape index (κ2) is 0.673. The van der Waals surface area contributed by atoms with Crippen LogP contribution in [0.2, 0.25) is 0 Å². The molecule has 2 nitrogen and oxygen atoms in total. The van der Waals surface area contributed by atoms with Crippen LogP contribution in [0.15, 0.2) is 0 Å². The zero-order valence-electron chi connectivity index (χ0n) is 4.02. The van der Waals surface area contributed by atoms with Crippen molar-refractivity contribution in [1.82, 2.24) is 0 Å². The first-order chi connectivity index (χ1) is 3.37. The van der Waals surface area contributed by atoms with Crippen LogP contribution in [-0.2, 0) is 0 Å². The van der Waals surface area contributed by atoms with Gasteiger partial charge in [-0.25, -0.2) is 0 Å². The Kier molecular flexibility index (Phi) is 0.326. The summed E-state index contributed by atoms with van der Waals surface area (Å²) in [6.45, 7) is 0. The first-order valence-electron chi connectivity index (χ1n) is 2.59. The van der Waals surface area contributed by atoms with E-state index in [0.717, 1.165) is 12.1 Å². The van der Waals surface area contributed by atoms with Crippen molar-refractivity contribution in [2.45, 2.75) is 19.3 Å². The van der Waals surface area contributed by atoms with E-state index >= 15 is 0 Å². The summed E-state index contributed by atoms with van der Waals surface area (Å²) < 4.78 is 0. The van der Waals surface area contributed by atoms with Crippen LogP contribution in [0.4, 0.5) is 0 Å². The zero-order valence-corrected chi connectivity index (χ0v) is 4.02. The van der Waals surface area contributed by atoms with Crippen molar-refractivity contribution in [2.24, 2.45) is 5.41 Å². The molecule has 0 saturated heterocycles. The molecule has 0 heterocycles. The van der Waals surface area contributed by atoms with Gasteiger partial charge in [-0.05, 0) is 12.8 Å². The predicted octanol–water partition coefficient (Wildman–Crippen LogP) is 0.841. The summed E-state index contributed by atoms with van der Waals surface area (Å²) in [5, 5.41) is 0. The molecule has 2 fully saturated rings. The predicted molar refractivity (Wildman–Crippen MR) is 24.9 cm³/mol. The van der Waals surface area contributed by atoms with E-state index in [-0.39, 0.29) is 0 Å². The van der Waals surface area contributed by atoms with Gasteiger partial charge in [-0.1, -0.05) is 0 Å². The van der Waals surface area contributed by atoms with E-state index in [2.05, 4.69) is 4.79 Å². The van der Waals surface area contributed by atoms with E-state index < -0.39 is 0 Å². The van der Waals surface area contributed by atoms with Crippen molar-refractivity contribution in [1.29, 1.82) is 0 Å². The Morgan fingerprint density at radius 2 is 2.29 bits per heavy atom. The van der Waals surface area contributed by atoms with Gasteiger partial charge in [0, 0.05) is 0 Å². The van der Waals surface area contributed by atoms with Crippen LogP contribution in [0.5, 0.6) is 0 Å². The third kappa shape index (κ3) is 0.260. The quantitative estimate of drug-likeness (QED) is 0.315. The van der Waals surface area contributed by atoms with Gasteiger partial charge in [-0.3, -0.25) is 0 Å². The van der Waals surface area contributed by atoms with Gasteiger partial charge in [-0.2, -0.15) is 4.79 Å².